The molecule has 0 radical (unpaired) electrons. The Morgan fingerprint density at radius 3 is 2.30 bits per heavy atom. The lowest BCUT2D eigenvalue weighted by molar-refractivity contribution is 0.480. The fraction of sp³-hybridized carbons (Fsp3) is 0.333. The van der Waals surface area contributed by atoms with Gasteiger partial charge < -0.3 is 5.32 Å². The van der Waals surface area contributed by atoms with Gasteiger partial charge >= 0.3 is 0 Å². The Labute approximate surface area is 126 Å². The predicted octanol–water partition coefficient (Wildman–Crippen LogP) is 4.89. The van der Waals surface area contributed by atoms with E-state index in [0.29, 0.717) is 6.04 Å². The summed E-state index contributed by atoms with van der Waals surface area (Å²) in [5.74, 6) is 0.796. The fourth-order valence-corrected chi connectivity index (χ4v) is 2.72. The summed E-state index contributed by atoms with van der Waals surface area (Å²) in [6.07, 6.45) is 2.68. The molecule has 0 aliphatic heterocycles. The van der Waals surface area contributed by atoms with Crippen LogP contribution in [0.5, 0.6) is 0 Å². The van der Waals surface area contributed by atoms with E-state index in [1.165, 1.54) is 29.5 Å². The molecule has 0 spiro atoms. The van der Waals surface area contributed by atoms with Crippen molar-refractivity contribution in [2.24, 2.45) is 5.92 Å². The molecule has 1 N–H and O–H groups in total. The van der Waals surface area contributed by atoms with Crippen molar-refractivity contribution in [3.05, 3.63) is 70.2 Å². The first-order chi connectivity index (χ1) is 9.72. The van der Waals surface area contributed by atoms with Crippen LogP contribution in [0.15, 0.2) is 48.5 Å². The van der Waals surface area contributed by atoms with Crippen LogP contribution in [0.1, 0.15) is 35.6 Å². The molecule has 1 atom stereocenters. The van der Waals surface area contributed by atoms with E-state index >= 15 is 0 Å². The first-order valence-corrected chi connectivity index (χ1v) is 7.64. The topological polar surface area (TPSA) is 12.0 Å². The van der Waals surface area contributed by atoms with Crippen LogP contribution in [0, 0.1) is 12.8 Å². The van der Waals surface area contributed by atoms with Crippen molar-refractivity contribution in [3.63, 3.8) is 0 Å². The molecule has 1 nitrogen and oxygen atoms in total. The second-order valence-electron chi connectivity index (χ2n) is 5.73. The van der Waals surface area contributed by atoms with E-state index < -0.39 is 0 Å². The molecule has 3 rings (SSSR count). The van der Waals surface area contributed by atoms with Crippen molar-refractivity contribution in [1.29, 1.82) is 0 Å². The predicted molar refractivity (Wildman–Crippen MR) is 84.9 cm³/mol. The Hall–Kier alpha value is -1.31. The van der Waals surface area contributed by atoms with E-state index in [9.17, 15) is 0 Å². The Kier molecular flexibility index (Phi) is 4.09. The van der Waals surface area contributed by atoms with E-state index in [4.69, 9.17) is 11.6 Å². The summed E-state index contributed by atoms with van der Waals surface area (Å²) in [5.41, 5.74) is 4.01. The third kappa shape index (κ3) is 3.41. The van der Waals surface area contributed by atoms with Crippen LogP contribution >= 0.6 is 11.6 Å². The van der Waals surface area contributed by atoms with Gasteiger partial charge in [0.05, 0.1) is 0 Å². The molecule has 1 saturated carbocycles. The largest absolute Gasteiger partial charge is 0.306 e. The van der Waals surface area contributed by atoms with Gasteiger partial charge in [-0.05, 0) is 48.9 Å². The van der Waals surface area contributed by atoms with Gasteiger partial charge in [-0.1, -0.05) is 53.6 Å². The highest BCUT2D eigenvalue weighted by Gasteiger charge is 2.31. The maximum absolute atomic E-state index is 5.93. The zero-order chi connectivity index (χ0) is 13.9. The maximum atomic E-state index is 5.93. The average Bonchev–Trinajstić information content (AvgIpc) is 3.28. The van der Waals surface area contributed by atoms with Crippen LogP contribution in [0.2, 0.25) is 5.02 Å². The highest BCUT2D eigenvalue weighted by Crippen LogP contribution is 2.41. The minimum absolute atomic E-state index is 0.478. The summed E-state index contributed by atoms with van der Waals surface area (Å²) in [6, 6.07) is 17.5. The summed E-state index contributed by atoms with van der Waals surface area (Å²) in [7, 11) is 0. The third-order valence-electron chi connectivity index (χ3n) is 3.97. The van der Waals surface area contributed by atoms with Gasteiger partial charge in [-0.2, -0.15) is 0 Å². The van der Waals surface area contributed by atoms with Gasteiger partial charge in [0.2, 0.25) is 0 Å². The molecule has 1 fully saturated rings. The Balaban J connectivity index is 1.68. The summed E-state index contributed by atoms with van der Waals surface area (Å²) in [5, 5.41) is 4.51. The number of rotatable bonds is 5. The van der Waals surface area contributed by atoms with Gasteiger partial charge in [0.1, 0.15) is 0 Å². The number of benzene rings is 2. The first-order valence-electron chi connectivity index (χ1n) is 7.27. The zero-order valence-corrected chi connectivity index (χ0v) is 12.5. The minimum Gasteiger partial charge on any atom is -0.306 e. The van der Waals surface area contributed by atoms with Gasteiger partial charge in [0.25, 0.3) is 0 Å². The molecule has 0 amide bonds. The molecule has 0 saturated heterocycles. The van der Waals surface area contributed by atoms with Gasteiger partial charge in [0.15, 0.2) is 0 Å². The van der Waals surface area contributed by atoms with Crippen molar-refractivity contribution < 1.29 is 0 Å². The second-order valence-corrected chi connectivity index (χ2v) is 6.17. The van der Waals surface area contributed by atoms with Crippen molar-refractivity contribution in [2.45, 2.75) is 32.4 Å². The number of halogens is 1. The molecule has 1 unspecified atom stereocenters. The lowest BCUT2D eigenvalue weighted by atomic mass is 10.0. The van der Waals surface area contributed by atoms with Crippen molar-refractivity contribution in [1.82, 2.24) is 5.32 Å². The highest BCUT2D eigenvalue weighted by molar-refractivity contribution is 6.30. The monoisotopic (exact) mass is 285 g/mol. The summed E-state index contributed by atoms with van der Waals surface area (Å²) in [4.78, 5) is 0. The Bertz CT molecular complexity index is 555. The van der Waals surface area contributed by atoms with Gasteiger partial charge in [-0.3, -0.25) is 0 Å². The number of hydrogen-bond donors (Lipinski definition) is 1. The van der Waals surface area contributed by atoms with Crippen LogP contribution in [0.3, 0.4) is 0 Å². The first kappa shape index (κ1) is 13.7. The maximum Gasteiger partial charge on any atom is 0.0406 e. The van der Waals surface area contributed by atoms with Gasteiger partial charge in [0, 0.05) is 17.6 Å². The molecule has 1 aliphatic rings. The van der Waals surface area contributed by atoms with Crippen molar-refractivity contribution in [3.8, 4) is 0 Å². The SMILES string of the molecule is Cc1ccc(C(NCc2ccc(Cl)cc2)C2CC2)cc1. The fourth-order valence-electron chi connectivity index (χ4n) is 2.59. The van der Waals surface area contributed by atoms with Gasteiger partial charge in [-0.25, -0.2) is 0 Å². The molecule has 2 aromatic carbocycles. The smallest absolute Gasteiger partial charge is 0.0406 e. The summed E-state index contributed by atoms with van der Waals surface area (Å²) < 4.78 is 0. The molecule has 2 aromatic rings. The summed E-state index contributed by atoms with van der Waals surface area (Å²) in [6.45, 7) is 3.03. The standard InChI is InChI=1S/C18H20ClN/c1-13-2-6-15(7-3-13)18(16-8-9-16)20-12-14-4-10-17(19)11-5-14/h2-7,10-11,16,18,20H,8-9,12H2,1H3. The second kappa shape index (κ2) is 5.99. The van der Waals surface area contributed by atoms with Crippen LogP contribution in [-0.2, 0) is 6.54 Å². The molecular weight excluding hydrogens is 266 g/mol. The van der Waals surface area contributed by atoms with Crippen LogP contribution in [0.4, 0.5) is 0 Å². The normalized spacial score (nSPS) is 16.1. The van der Waals surface area contributed by atoms with Crippen molar-refractivity contribution in [2.75, 3.05) is 0 Å². The number of nitrogens with one attached hydrogen (secondary N) is 1. The quantitative estimate of drug-likeness (QED) is 0.825. The Morgan fingerprint density at radius 1 is 1.05 bits per heavy atom. The van der Waals surface area contributed by atoms with Crippen LogP contribution < -0.4 is 5.32 Å². The lowest BCUT2D eigenvalue weighted by Crippen LogP contribution is -2.22. The lowest BCUT2D eigenvalue weighted by Gasteiger charge is -2.19. The molecular formula is C18H20ClN. The van der Waals surface area contributed by atoms with E-state index in [1.807, 2.05) is 12.1 Å². The zero-order valence-electron chi connectivity index (χ0n) is 11.8. The third-order valence-corrected chi connectivity index (χ3v) is 4.22. The summed E-state index contributed by atoms with van der Waals surface area (Å²) >= 11 is 5.93. The van der Waals surface area contributed by atoms with Crippen LogP contribution in [0.25, 0.3) is 0 Å². The molecule has 2 heteroatoms. The molecule has 1 aliphatic carbocycles. The number of hydrogen-bond acceptors (Lipinski definition) is 1. The molecule has 0 bridgehead atoms. The molecule has 0 aromatic heterocycles. The molecule has 0 heterocycles. The van der Waals surface area contributed by atoms with E-state index in [2.05, 4.69) is 48.6 Å². The highest BCUT2D eigenvalue weighted by atomic mass is 35.5. The van der Waals surface area contributed by atoms with Crippen LogP contribution in [-0.4, -0.2) is 0 Å². The molecule has 104 valence electrons. The van der Waals surface area contributed by atoms with E-state index in [-0.39, 0.29) is 0 Å². The van der Waals surface area contributed by atoms with Gasteiger partial charge in [-0.15, -0.1) is 0 Å². The Morgan fingerprint density at radius 2 is 1.70 bits per heavy atom. The van der Waals surface area contributed by atoms with E-state index in [0.717, 1.165) is 17.5 Å². The molecule has 20 heavy (non-hydrogen) atoms. The average molecular weight is 286 g/mol. The minimum atomic E-state index is 0.478. The van der Waals surface area contributed by atoms with E-state index in [1.54, 1.807) is 0 Å². The van der Waals surface area contributed by atoms with Crippen molar-refractivity contribution >= 4 is 11.6 Å². The number of aryl methyl sites for hydroxylation is 1.